The van der Waals surface area contributed by atoms with E-state index >= 15 is 0 Å². The van der Waals surface area contributed by atoms with Crippen LogP contribution >= 0.6 is 0 Å². The maximum atomic E-state index is 12.4. The lowest BCUT2D eigenvalue weighted by Crippen LogP contribution is -2.48. The number of nitrogens with zero attached hydrogens (tertiary/aromatic N) is 2. The van der Waals surface area contributed by atoms with Crippen LogP contribution in [0.2, 0.25) is 0 Å². The van der Waals surface area contributed by atoms with Crippen LogP contribution in [0.5, 0.6) is 11.5 Å². The average molecular weight is 367 g/mol. The number of nitrogens with one attached hydrogen (secondary N) is 1. The SMILES string of the molecule is O=C(NCCN1CCN(c2ccccc2)CC1)c1ccc2c(c1)OCCO2. The maximum Gasteiger partial charge on any atom is 0.251 e. The lowest BCUT2D eigenvalue weighted by atomic mass is 10.2. The van der Waals surface area contributed by atoms with Gasteiger partial charge in [0, 0.05) is 50.5 Å². The molecule has 6 nitrogen and oxygen atoms in total. The standard InChI is InChI=1S/C21H25N3O3/c25-21(17-6-7-19-20(16-17)27-15-14-26-19)22-8-9-23-10-12-24(13-11-23)18-4-2-1-3-5-18/h1-7,16H,8-15H2,(H,22,25). The third kappa shape index (κ3) is 4.34. The highest BCUT2D eigenvalue weighted by Gasteiger charge is 2.18. The molecule has 4 rings (SSSR count). The molecule has 0 saturated carbocycles. The van der Waals surface area contributed by atoms with Gasteiger partial charge >= 0.3 is 0 Å². The summed E-state index contributed by atoms with van der Waals surface area (Å²) in [7, 11) is 0. The zero-order chi connectivity index (χ0) is 18.5. The van der Waals surface area contributed by atoms with Crippen molar-refractivity contribution in [3.63, 3.8) is 0 Å². The van der Waals surface area contributed by atoms with Crippen LogP contribution < -0.4 is 19.7 Å². The number of carbonyl (C=O) groups excluding carboxylic acids is 1. The van der Waals surface area contributed by atoms with Gasteiger partial charge in [0.2, 0.25) is 0 Å². The molecule has 1 amide bonds. The Balaban J connectivity index is 1.22. The van der Waals surface area contributed by atoms with Crippen LogP contribution in [0, 0.1) is 0 Å². The molecule has 6 heteroatoms. The highest BCUT2D eigenvalue weighted by atomic mass is 16.6. The summed E-state index contributed by atoms with van der Waals surface area (Å²) in [6, 6.07) is 15.8. The summed E-state index contributed by atoms with van der Waals surface area (Å²) in [6.07, 6.45) is 0. The fourth-order valence-corrected chi connectivity index (χ4v) is 3.48. The van der Waals surface area contributed by atoms with Gasteiger partial charge < -0.3 is 19.7 Å². The Bertz CT molecular complexity index is 773. The molecular weight excluding hydrogens is 342 g/mol. The molecule has 2 aliphatic rings. The molecule has 0 spiro atoms. The summed E-state index contributed by atoms with van der Waals surface area (Å²) in [4.78, 5) is 17.2. The maximum absolute atomic E-state index is 12.4. The van der Waals surface area contributed by atoms with Crippen molar-refractivity contribution in [3.05, 3.63) is 54.1 Å². The summed E-state index contributed by atoms with van der Waals surface area (Å²) in [5.74, 6) is 1.27. The molecule has 2 aliphatic heterocycles. The van der Waals surface area contributed by atoms with Gasteiger partial charge in [0.25, 0.3) is 5.91 Å². The van der Waals surface area contributed by atoms with E-state index in [0.29, 0.717) is 36.8 Å². The minimum atomic E-state index is -0.0742. The Morgan fingerprint density at radius 1 is 0.926 bits per heavy atom. The fraction of sp³-hybridized carbons (Fsp3) is 0.381. The third-order valence-electron chi connectivity index (χ3n) is 5.01. The predicted molar refractivity (Wildman–Crippen MR) is 105 cm³/mol. The van der Waals surface area contributed by atoms with Gasteiger partial charge in [-0.25, -0.2) is 0 Å². The summed E-state index contributed by atoms with van der Waals surface area (Å²) in [5, 5.41) is 3.01. The minimum Gasteiger partial charge on any atom is -0.486 e. The molecule has 27 heavy (non-hydrogen) atoms. The van der Waals surface area contributed by atoms with Gasteiger partial charge in [0.1, 0.15) is 13.2 Å². The average Bonchev–Trinajstić information content (AvgIpc) is 2.74. The number of piperazine rings is 1. The van der Waals surface area contributed by atoms with Gasteiger partial charge in [0.15, 0.2) is 11.5 Å². The van der Waals surface area contributed by atoms with E-state index in [1.165, 1.54) is 5.69 Å². The molecule has 0 radical (unpaired) electrons. The van der Waals surface area contributed by atoms with Crippen molar-refractivity contribution in [3.8, 4) is 11.5 Å². The monoisotopic (exact) mass is 367 g/mol. The van der Waals surface area contributed by atoms with E-state index in [2.05, 4.69) is 39.4 Å². The van der Waals surface area contributed by atoms with Crippen molar-refractivity contribution in [1.82, 2.24) is 10.2 Å². The van der Waals surface area contributed by atoms with Crippen LogP contribution in [-0.2, 0) is 0 Å². The number of hydrogen-bond acceptors (Lipinski definition) is 5. The molecule has 1 N–H and O–H groups in total. The smallest absolute Gasteiger partial charge is 0.251 e. The second-order valence-corrected chi connectivity index (χ2v) is 6.78. The first-order valence-corrected chi connectivity index (χ1v) is 9.50. The van der Waals surface area contributed by atoms with E-state index < -0.39 is 0 Å². The Morgan fingerprint density at radius 3 is 2.44 bits per heavy atom. The van der Waals surface area contributed by atoms with E-state index in [0.717, 1.165) is 32.7 Å². The van der Waals surface area contributed by atoms with Crippen LogP contribution in [0.3, 0.4) is 0 Å². The van der Waals surface area contributed by atoms with Crippen LogP contribution in [0.15, 0.2) is 48.5 Å². The first-order chi connectivity index (χ1) is 13.3. The highest BCUT2D eigenvalue weighted by Crippen LogP contribution is 2.30. The van der Waals surface area contributed by atoms with Gasteiger partial charge in [-0.2, -0.15) is 0 Å². The second-order valence-electron chi connectivity index (χ2n) is 6.78. The number of ether oxygens (including phenoxy) is 2. The van der Waals surface area contributed by atoms with Gasteiger partial charge in [-0.3, -0.25) is 9.69 Å². The van der Waals surface area contributed by atoms with Crippen molar-refractivity contribution < 1.29 is 14.3 Å². The van der Waals surface area contributed by atoms with Gasteiger partial charge in [0.05, 0.1) is 0 Å². The molecule has 0 aliphatic carbocycles. The molecule has 1 fully saturated rings. The van der Waals surface area contributed by atoms with E-state index in [-0.39, 0.29) is 5.91 Å². The molecule has 0 bridgehead atoms. The zero-order valence-corrected chi connectivity index (χ0v) is 15.4. The number of amides is 1. The lowest BCUT2D eigenvalue weighted by Gasteiger charge is -2.36. The van der Waals surface area contributed by atoms with Gasteiger partial charge in [-0.05, 0) is 30.3 Å². The summed E-state index contributed by atoms with van der Waals surface area (Å²) in [5.41, 5.74) is 1.89. The van der Waals surface area contributed by atoms with E-state index in [4.69, 9.17) is 9.47 Å². The Labute approximate surface area is 159 Å². The normalized spacial score (nSPS) is 16.8. The minimum absolute atomic E-state index is 0.0742. The van der Waals surface area contributed by atoms with Crippen LogP contribution in [-0.4, -0.2) is 63.3 Å². The first kappa shape index (κ1) is 17.7. The number of anilines is 1. The predicted octanol–water partition coefficient (Wildman–Crippen LogP) is 2.01. The van der Waals surface area contributed by atoms with Gasteiger partial charge in [-0.15, -0.1) is 0 Å². The molecule has 2 aromatic rings. The number of benzene rings is 2. The van der Waals surface area contributed by atoms with Crippen molar-refractivity contribution in [2.75, 3.05) is 57.4 Å². The molecule has 0 aromatic heterocycles. The number of rotatable bonds is 5. The van der Waals surface area contributed by atoms with Gasteiger partial charge in [-0.1, -0.05) is 18.2 Å². The second kappa shape index (κ2) is 8.31. The zero-order valence-electron chi connectivity index (χ0n) is 15.4. The third-order valence-corrected chi connectivity index (χ3v) is 5.01. The van der Waals surface area contributed by atoms with Crippen molar-refractivity contribution >= 4 is 11.6 Å². The Hall–Kier alpha value is -2.73. The largest absolute Gasteiger partial charge is 0.486 e. The summed E-state index contributed by atoms with van der Waals surface area (Å²) in [6.45, 7) is 6.62. The molecular formula is C21H25N3O3. The van der Waals surface area contributed by atoms with E-state index in [9.17, 15) is 4.79 Å². The molecule has 1 saturated heterocycles. The van der Waals surface area contributed by atoms with Crippen molar-refractivity contribution in [2.45, 2.75) is 0 Å². The topological polar surface area (TPSA) is 54.0 Å². The number of carbonyl (C=O) groups is 1. The van der Waals surface area contributed by atoms with Crippen LogP contribution in [0.4, 0.5) is 5.69 Å². The molecule has 2 aromatic carbocycles. The summed E-state index contributed by atoms with van der Waals surface area (Å²) >= 11 is 0. The van der Waals surface area contributed by atoms with E-state index in [1.54, 1.807) is 18.2 Å². The van der Waals surface area contributed by atoms with E-state index in [1.807, 2.05) is 6.07 Å². The molecule has 2 heterocycles. The Morgan fingerprint density at radius 2 is 1.67 bits per heavy atom. The summed E-state index contributed by atoms with van der Waals surface area (Å²) < 4.78 is 11.0. The molecule has 0 atom stereocenters. The number of fused-ring (bicyclic) bond motifs is 1. The lowest BCUT2D eigenvalue weighted by molar-refractivity contribution is 0.0946. The molecule has 142 valence electrons. The number of hydrogen-bond donors (Lipinski definition) is 1. The molecule has 0 unspecified atom stereocenters. The number of para-hydroxylation sites is 1. The first-order valence-electron chi connectivity index (χ1n) is 9.50. The van der Waals surface area contributed by atoms with Crippen molar-refractivity contribution in [2.24, 2.45) is 0 Å². The van der Waals surface area contributed by atoms with Crippen LogP contribution in [0.1, 0.15) is 10.4 Å². The van der Waals surface area contributed by atoms with Crippen LogP contribution in [0.25, 0.3) is 0 Å². The van der Waals surface area contributed by atoms with Crippen molar-refractivity contribution in [1.29, 1.82) is 0 Å². The fourth-order valence-electron chi connectivity index (χ4n) is 3.48. The highest BCUT2D eigenvalue weighted by molar-refractivity contribution is 5.94. The Kier molecular flexibility index (Phi) is 5.44. The quantitative estimate of drug-likeness (QED) is 0.876.